The summed E-state index contributed by atoms with van der Waals surface area (Å²) in [6.07, 6.45) is 2.28. The number of ether oxygens (including phenoxy) is 1. The molecule has 1 heterocycles. The molecule has 192 valence electrons. The van der Waals surface area contributed by atoms with Gasteiger partial charge in [0.05, 0.1) is 28.6 Å². The Morgan fingerprint density at radius 2 is 1.77 bits per heavy atom. The number of carbonyl (C=O) groups excluding carboxylic acids is 1. The number of hydrogen-bond acceptors (Lipinski definition) is 6. The molecule has 0 spiro atoms. The summed E-state index contributed by atoms with van der Waals surface area (Å²) < 4.78 is 58.8. The third kappa shape index (κ3) is 5.96. The number of nitrogens with one attached hydrogen (secondary N) is 1. The average Bonchev–Trinajstić information content (AvgIpc) is 2.79. The normalized spacial score (nSPS) is 14.2. The van der Waals surface area contributed by atoms with Crippen LogP contribution in [0.4, 0.5) is 11.4 Å². The highest BCUT2D eigenvalue weighted by atomic mass is 32.2. The molecule has 9 nitrogen and oxygen atoms in total. The molecule has 1 amide bonds. The van der Waals surface area contributed by atoms with Crippen LogP contribution in [-0.2, 0) is 26.5 Å². The molecule has 0 atom stereocenters. The summed E-state index contributed by atoms with van der Waals surface area (Å²) >= 11 is 0. The summed E-state index contributed by atoms with van der Waals surface area (Å²) in [6.45, 7) is 8.25. The Hall–Kier alpha value is -2.63. The second-order valence-corrected chi connectivity index (χ2v) is 12.5. The van der Waals surface area contributed by atoms with Crippen LogP contribution in [0.3, 0.4) is 0 Å². The number of sulfonamides is 2. The fourth-order valence-electron chi connectivity index (χ4n) is 4.08. The first-order chi connectivity index (χ1) is 16.4. The number of benzene rings is 2. The fourth-order valence-corrected chi connectivity index (χ4v) is 6.56. The molecule has 0 unspecified atom stereocenters. The van der Waals surface area contributed by atoms with Gasteiger partial charge in [0.25, 0.3) is 5.91 Å². The largest absolute Gasteiger partial charge is 0.489 e. The van der Waals surface area contributed by atoms with Crippen LogP contribution in [0.1, 0.15) is 50.0 Å². The third-order valence-electron chi connectivity index (χ3n) is 5.72. The van der Waals surface area contributed by atoms with Gasteiger partial charge in [0.2, 0.25) is 20.0 Å². The lowest BCUT2D eigenvalue weighted by atomic mass is 10.0. The summed E-state index contributed by atoms with van der Waals surface area (Å²) in [5.74, 6) is -0.0941. The van der Waals surface area contributed by atoms with E-state index in [4.69, 9.17) is 4.74 Å². The topological polar surface area (TPSA) is 113 Å². The maximum absolute atomic E-state index is 13.2. The molecule has 0 radical (unpaired) electrons. The van der Waals surface area contributed by atoms with Crippen LogP contribution in [0.15, 0.2) is 41.3 Å². The predicted octanol–water partition coefficient (Wildman–Crippen LogP) is 3.47. The zero-order valence-electron chi connectivity index (χ0n) is 20.7. The molecule has 0 aliphatic carbocycles. The first-order valence-corrected chi connectivity index (χ1v) is 14.9. The number of carbonyl (C=O) groups is 1. The molecule has 0 saturated carbocycles. The van der Waals surface area contributed by atoms with Gasteiger partial charge in [0.15, 0.2) is 0 Å². The summed E-state index contributed by atoms with van der Waals surface area (Å²) in [4.78, 5) is 13.2. The number of amides is 1. The lowest BCUT2D eigenvalue weighted by Gasteiger charge is -2.29. The van der Waals surface area contributed by atoms with E-state index in [0.29, 0.717) is 49.5 Å². The quantitative estimate of drug-likeness (QED) is 0.539. The van der Waals surface area contributed by atoms with Gasteiger partial charge in [0.1, 0.15) is 5.75 Å². The van der Waals surface area contributed by atoms with Crippen molar-refractivity contribution < 1.29 is 26.4 Å². The molecule has 1 N–H and O–H groups in total. The Balaban J connectivity index is 1.97. The number of aryl methyl sites for hydroxylation is 1. The van der Waals surface area contributed by atoms with E-state index >= 15 is 0 Å². The minimum Gasteiger partial charge on any atom is -0.489 e. The van der Waals surface area contributed by atoms with Crippen LogP contribution < -0.4 is 14.4 Å². The van der Waals surface area contributed by atoms with Crippen molar-refractivity contribution in [2.75, 3.05) is 35.5 Å². The maximum atomic E-state index is 13.2. The monoisotopic (exact) mass is 523 g/mol. The summed E-state index contributed by atoms with van der Waals surface area (Å²) in [5, 5.41) is 2.79. The van der Waals surface area contributed by atoms with Crippen molar-refractivity contribution in [3.63, 3.8) is 0 Å². The van der Waals surface area contributed by atoms with Crippen molar-refractivity contribution in [1.29, 1.82) is 0 Å². The first kappa shape index (κ1) is 27.0. The third-order valence-corrected chi connectivity index (χ3v) is 8.95. The molecular weight excluding hydrogens is 490 g/mol. The molecule has 1 aliphatic rings. The Morgan fingerprint density at radius 3 is 2.37 bits per heavy atom. The highest BCUT2D eigenvalue weighted by Gasteiger charge is 2.26. The van der Waals surface area contributed by atoms with Gasteiger partial charge in [-0.2, -0.15) is 4.31 Å². The Kier molecular flexibility index (Phi) is 8.13. The minimum atomic E-state index is -3.74. The molecular formula is C24H33N3O6S2. The molecule has 35 heavy (non-hydrogen) atoms. The van der Waals surface area contributed by atoms with Gasteiger partial charge in [-0.1, -0.05) is 13.8 Å². The molecule has 0 aromatic heterocycles. The Bertz CT molecular complexity index is 1300. The lowest BCUT2D eigenvalue weighted by molar-refractivity contribution is 0.102. The number of fused-ring (bicyclic) bond motifs is 1. The maximum Gasteiger partial charge on any atom is 0.255 e. The van der Waals surface area contributed by atoms with Gasteiger partial charge in [-0.25, -0.2) is 16.8 Å². The van der Waals surface area contributed by atoms with Gasteiger partial charge in [-0.05, 0) is 68.7 Å². The second kappa shape index (κ2) is 10.5. The summed E-state index contributed by atoms with van der Waals surface area (Å²) in [5.41, 5.74) is 1.93. The molecule has 2 aromatic rings. The van der Waals surface area contributed by atoms with Crippen LogP contribution >= 0.6 is 0 Å². The van der Waals surface area contributed by atoms with E-state index in [-0.39, 0.29) is 16.7 Å². The van der Waals surface area contributed by atoms with Crippen molar-refractivity contribution in [2.45, 2.75) is 51.5 Å². The highest BCUT2D eigenvalue weighted by Crippen LogP contribution is 2.32. The number of hydrogen-bond donors (Lipinski definition) is 1. The van der Waals surface area contributed by atoms with Crippen molar-refractivity contribution in [2.24, 2.45) is 0 Å². The summed E-state index contributed by atoms with van der Waals surface area (Å²) in [7, 11) is -7.15. The number of nitrogens with zero attached hydrogens (tertiary/aromatic N) is 2. The van der Waals surface area contributed by atoms with Gasteiger partial charge >= 0.3 is 0 Å². The smallest absolute Gasteiger partial charge is 0.255 e. The van der Waals surface area contributed by atoms with E-state index in [1.165, 1.54) is 20.7 Å². The number of rotatable bonds is 9. The van der Waals surface area contributed by atoms with Gasteiger partial charge in [-0.15, -0.1) is 0 Å². The van der Waals surface area contributed by atoms with E-state index in [0.717, 1.165) is 11.8 Å². The van der Waals surface area contributed by atoms with Gasteiger partial charge in [0, 0.05) is 25.2 Å². The number of anilines is 2. The molecule has 0 bridgehead atoms. The van der Waals surface area contributed by atoms with Crippen LogP contribution in [0.2, 0.25) is 0 Å². The Morgan fingerprint density at radius 1 is 1.09 bits per heavy atom. The van der Waals surface area contributed by atoms with Gasteiger partial charge in [-0.3, -0.25) is 9.10 Å². The van der Waals surface area contributed by atoms with Crippen LogP contribution in [0, 0.1) is 0 Å². The molecule has 11 heteroatoms. The van der Waals surface area contributed by atoms with E-state index in [9.17, 15) is 21.6 Å². The molecule has 3 rings (SSSR count). The Labute approximate surface area is 208 Å². The standard InChI is InChI=1S/C24H33N3O6S2/c1-6-26(7-2)35(31,32)20-11-13-23(33-17(3)4)21(16-20)25-24(28)19-10-12-22-18(15-19)9-8-14-27(22)34(5,29)30/h10-13,15-17H,6-9,14H2,1-5H3,(H,25,28). The van der Waals surface area contributed by atoms with E-state index in [1.807, 2.05) is 13.8 Å². The van der Waals surface area contributed by atoms with E-state index < -0.39 is 26.0 Å². The van der Waals surface area contributed by atoms with Crippen LogP contribution in [-0.4, -0.2) is 59.0 Å². The van der Waals surface area contributed by atoms with Crippen molar-refractivity contribution in [1.82, 2.24) is 4.31 Å². The SMILES string of the molecule is CCN(CC)S(=O)(=O)c1ccc(OC(C)C)c(NC(=O)c2ccc3c(c2)CCCN3S(C)(=O)=O)c1. The second-order valence-electron chi connectivity index (χ2n) is 8.65. The highest BCUT2D eigenvalue weighted by molar-refractivity contribution is 7.92. The zero-order chi connectivity index (χ0) is 26.0. The van der Waals surface area contributed by atoms with Crippen molar-refractivity contribution in [3.05, 3.63) is 47.5 Å². The van der Waals surface area contributed by atoms with Crippen LogP contribution in [0.5, 0.6) is 5.75 Å². The fraction of sp³-hybridized carbons (Fsp3) is 0.458. The summed E-state index contributed by atoms with van der Waals surface area (Å²) in [6, 6.07) is 9.31. The molecule has 0 fully saturated rings. The molecule has 0 saturated heterocycles. The molecule has 1 aliphatic heterocycles. The predicted molar refractivity (Wildman–Crippen MR) is 137 cm³/mol. The average molecular weight is 524 g/mol. The van der Waals surface area contributed by atoms with Gasteiger partial charge < -0.3 is 10.1 Å². The van der Waals surface area contributed by atoms with Crippen molar-refractivity contribution >= 4 is 37.3 Å². The first-order valence-electron chi connectivity index (χ1n) is 11.6. The lowest BCUT2D eigenvalue weighted by Crippen LogP contribution is -2.34. The van der Waals surface area contributed by atoms with Crippen molar-refractivity contribution in [3.8, 4) is 5.75 Å². The molecule has 2 aromatic carbocycles. The minimum absolute atomic E-state index is 0.0573. The van der Waals surface area contributed by atoms with Crippen LogP contribution in [0.25, 0.3) is 0 Å². The van der Waals surface area contributed by atoms with E-state index in [2.05, 4.69) is 5.32 Å². The zero-order valence-corrected chi connectivity index (χ0v) is 22.4. The van der Waals surface area contributed by atoms with E-state index in [1.54, 1.807) is 38.1 Å².